The predicted octanol–water partition coefficient (Wildman–Crippen LogP) is 3.04. The lowest BCUT2D eigenvalue weighted by Crippen LogP contribution is -2.07. The van der Waals surface area contributed by atoms with Crippen molar-refractivity contribution < 1.29 is 23.1 Å². The van der Waals surface area contributed by atoms with Gasteiger partial charge in [0.05, 0.1) is 16.8 Å². The Balaban J connectivity index is 2.33. The molecule has 0 saturated carbocycles. The summed E-state index contributed by atoms with van der Waals surface area (Å²) in [6, 6.07) is 0.748. The van der Waals surface area contributed by atoms with Crippen LogP contribution in [0.3, 0.4) is 0 Å². The van der Waals surface area contributed by atoms with Crippen LogP contribution in [0.2, 0.25) is 5.02 Å². The molecule has 2 aromatic heterocycles. The number of rotatable bonds is 3. The summed E-state index contributed by atoms with van der Waals surface area (Å²) < 4.78 is 38.6. The molecule has 0 saturated heterocycles. The number of pyridine rings is 1. The van der Waals surface area contributed by atoms with E-state index in [0.29, 0.717) is 11.8 Å². The van der Waals surface area contributed by atoms with E-state index in [1.54, 1.807) is 0 Å². The van der Waals surface area contributed by atoms with Crippen molar-refractivity contribution in [2.45, 2.75) is 6.18 Å². The van der Waals surface area contributed by atoms with Crippen LogP contribution in [0.4, 0.5) is 13.2 Å². The monoisotopic (exact) mass is 317 g/mol. The summed E-state index contributed by atoms with van der Waals surface area (Å²) in [6.45, 7) is 0. The molecule has 2 heterocycles. The van der Waals surface area contributed by atoms with Gasteiger partial charge in [0, 0.05) is 24.0 Å². The van der Waals surface area contributed by atoms with Crippen molar-refractivity contribution in [2.24, 2.45) is 0 Å². The Hall–Kier alpha value is -2.35. The molecule has 0 aromatic carbocycles. The lowest BCUT2D eigenvalue weighted by atomic mass is 10.3. The second kappa shape index (κ2) is 5.57. The average Bonchev–Trinajstić information content (AvgIpc) is 2.83. The van der Waals surface area contributed by atoms with E-state index in [4.69, 9.17) is 16.7 Å². The lowest BCUT2D eigenvalue weighted by molar-refractivity contribution is -0.137. The topological polar surface area (TPSA) is 68.0 Å². The average molecular weight is 318 g/mol. The van der Waals surface area contributed by atoms with Crippen LogP contribution in [0.25, 0.3) is 11.9 Å². The molecule has 0 atom stereocenters. The van der Waals surface area contributed by atoms with E-state index in [1.165, 1.54) is 18.5 Å². The number of aromatic nitrogens is 3. The normalized spacial score (nSPS) is 12.0. The Bertz CT molecular complexity index is 710. The molecular formula is C12H7ClF3N3O2. The largest absolute Gasteiger partial charge is 0.478 e. The summed E-state index contributed by atoms with van der Waals surface area (Å²) in [6.07, 6.45) is 1.02. The van der Waals surface area contributed by atoms with Crippen LogP contribution in [0.15, 0.2) is 30.7 Å². The number of aliphatic carboxylic acids is 1. The molecular weight excluding hydrogens is 311 g/mol. The number of halogens is 4. The smallest absolute Gasteiger partial charge is 0.417 e. The Morgan fingerprint density at radius 3 is 2.67 bits per heavy atom. The number of carboxylic acids is 1. The molecule has 110 valence electrons. The molecule has 5 nitrogen and oxygen atoms in total. The van der Waals surface area contributed by atoms with Gasteiger partial charge >= 0.3 is 12.1 Å². The van der Waals surface area contributed by atoms with Crippen molar-refractivity contribution >= 4 is 23.6 Å². The summed E-state index contributed by atoms with van der Waals surface area (Å²) in [4.78, 5) is 14.0. The van der Waals surface area contributed by atoms with Crippen molar-refractivity contribution in [2.75, 3.05) is 0 Å². The van der Waals surface area contributed by atoms with E-state index in [9.17, 15) is 18.0 Å². The van der Waals surface area contributed by atoms with Gasteiger partial charge in [-0.2, -0.15) is 18.3 Å². The maximum atomic E-state index is 12.5. The molecule has 21 heavy (non-hydrogen) atoms. The van der Waals surface area contributed by atoms with Gasteiger partial charge in [-0.15, -0.1) is 0 Å². The molecule has 0 bridgehead atoms. The molecule has 2 rings (SSSR count). The number of hydrogen-bond acceptors (Lipinski definition) is 3. The molecule has 0 amide bonds. The highest BCUT2D eigenvalue weighted by Gasteiger charge is 2.31. The third-order valence-electron chi connectivity index (χ3n) is 2.39. The van der Waals surface area contributed by atoms with Crippen LogP contribution in [-0.2, 0) is 11.0 Å². The zero-order valence-electron chi connectivity index (χ0n) is 10.2. The van der Waals surface area contributed by atoms with Gasteiger partial charge in [-0.25, -0.2) is 14.5 Å². The second-order valence-electron chi connectivity index (χ2n) is 3.92. The highest BCUT2D eigenvalue weighted by atomic mass is 35.5. The third kappa shape index (κ3) is 3.60. The fraction of sp³-hybridized carbons (Fsp3) is 0.0833. The molecule has 0 unspecified atom stereocenters. The van der Waals surface area contributed by atoms with Gasteiger partial charge in [0.2, 0.25) is 0 Å². The summed E-state index contributed by atoms with van der Waals surface area (Å²) >= 11 is 5.77. The Labute approximate surface area is 121 Å². The first kappa shape index (κ1) is 15.0. The number of carboxylic acid groups (broad SMARTS) is 1. The highest BCUT2D eigenvalue weighted by molar-refractivity contribution is 6.32. The first-order valence-electron chi connectivity index (χ1n) is 5.46. The van der Waals surface area contributed by atoms with Gasteiger partial charge in [0.1, 0.15) is 0 Å². The Kier molecular flexibility index (Phi) is 3.99. The first-order chi connectivity index (χ1) is 9.77. The summed E-state index contributed by atoms with van der Waals surface area (Å²) in [5.74, 6) is -1.12. The van der Waals surface area contributed by atoms with E-state index in [2.05, 4.69) is 10.1 Å². The summed E-state index contributed by atoms with van der Waals surface area (Å²) in [5.41, 5.74) is -0.524. The van der Waals surface area contributed by atoms with Crippen molar-refractivity contribution in [1.82, 2.24) is 14.8 Å². The minimum atomic E-state index is -4.53. The molecule has 0 fully saturated rings. The zero-order chi connectivity index (χ0) is 15.6. The molecule has 0 radical (unpaired) electrons. The number of nitrogens with zero attached hydrogens (tertiary/aromatic N) is 3. The predicted molar refractivity (Wildman–Crippen MR) is 68.0 cm³/mol. The van der Waals surface area contributed by atoms with Crippen molar-refractivity contribution in [1.29, 1.82) is 0 Å². The van der Waals surface area contributed by atoms with Gasteiger partial charge in [0.15, 0.2) is 5.82 Å². The van der Waals surface area contributed by atoms with Crippen molar-refractivity contribution in [3.63, 3.8) is 0 Å². The minimum absolute atomic E-state index is 0.0136. The SMILES string of the molecule is O=C(O)C=Cc1cnn(-c2ncc(C(F)(F)F)cc2Cl)c1. The molecule has 2 aromatic rings. The number of alkyl halides is 3. The van der Waals surface area contributed by atoms with Crippen LogP contribution < -0.4 is 0 Å². The van der Waals surface area contributed by atoms with Gasteiger partial charge in [0.25, 0.3) is 0 Å². The second-order valence-corrected chi connectivity index (χ2v) is 4.32. The van der Waals surface area contributed by atoms with Gasteiger partial charge in [-0.3, -0.25) is 0 Å². The quantitative estimate of drug-likeness (QED) is 0.884. The maximum Gasteiger partial charge on any atom is 0.417 e. The number of hydrogen-bond donors (Lipinski definition) is 1. The van der Waals surface area contributed by atoms with E-state index >= 15 is 0 Å². The van der Waals surface area contributed by atoms with Crippen molar-refractivity contribution in [3.8, 4) is 5.82 Å². The third-order valence-corrected chi connectivity index (χ3v) is 2.67. The van der Waals surface area contributed by atoms with Crippen LogP contribution in [0.1, 0.15) is 11.1 Å². The molecule has 9 heteroatoms. The fourth-order valence-corrected chi connectivity index (χ4v) is 1.71. The molecule has 0 aliphatic heterocycles. The fourth-order valence-electron chi connectivity index (χ4n) is 1.46. The zero-order valence-corrected chi connectivity index (χ0v) is 10.9. The van der Waals surface area contributed by atoms with Gasteiger partial charge < -0.3 is 5.11 Å². The van der Waals surface area contributed by atoms with Crippen LogP contribution in [0.5, 0.6) is 0 Å². The van der Waals surface area contributed by atoms with E-state index in [-0.39, 0.29) is 10.8 Å². The summed E-state index contributed by atoms with van der Waals surface area (Å²) in [7, 11) is 0. The highest BCUT2D eigenvalue weighted by Crippen LogP contribution is 2.31. The molecule has 0 aliphatic carbocycles. The van der Waals surface area contributed by atoms with E-state index < -0.39 is 17.7 Å². The van der Waals surface area contributed by atoms with Crippen LogP contribution in [-0.4, -0.2) is 25.8 Å². The number of carbonyl (C=O) groups is 1. The van der Waals surface area contributed by atoms with E-state index in [0.717, 1.165) is 16.8 Å². The van der Waals surface area contributed by atoms with Gasteiger partial charge in [-0.05, 0) is 12.1 Å². The van der Waals surface area contributed by atoms with E-state index in [1.807, 2.05) is 0 Å². The Morgan fingerprint density at radius 2 is 2.10 bits per heavy atom. The van der Waals surface area contributed by atoms with Crippen molar-refractivity contribution in [3.05, 3.63) is 46.9 Å². The van der Waals surface area contributed by atoms with Gasteiger partial charge in [-0.1, -0.05) is 11.6 Å². The molecule has 1 N–H and O–H groups in total. The molecule has 0 aliphatic rings. The lowest BCUT2D eigenvalue weighted by Gasteiger charge is -2.08. The Morgan fingerprint density at radius 1 is 1.38 bits per heavy atom. The van der Waals surface area contributed by atoms with Crippen LogP contribution in [0, 0.1) is 0 Å². The van der Waals surface area contributed by atoms with Crippen LogP contribution >= 0.6 is 11.6 Å². The molecule has 0 spiro atoms. The maximum absolute atomic E-state index is 12.5. The standard InChI is InChI=1S/C12H7ClF3N3O2/c13-9-3-8(12(14,15)16)5-17-11(9)19-6-7(4-18-19)1-2-10(20)21/h1-6H,(H,20,21). The summed E-state index contributed by atoms with van der Waals surface area (Å²) in [5, 5.41) is 12.1. The first-order valence-corrected chi connectivity index (χ1v) is 5.84. The minimum Gasteiger partial charge on any atom is -0.478 e.